The SMILES string of the molecule is C#CCNC(=O)CNC(=O)CN(C1CCN(C(C)c2ccc(Cl)cc2Cl)CC1)S(C)(=O)=O. The van der Waals surface area contributed by atoms with E-state index in [1.807, 2.05) is 13.0 Å². The molecule has 1 unspecified atom stereocenters. The molecule has 1 fully saturated rings. The van der Waals surface area contributed by atoms with Crippen LogP contribution in [-0.4, -0.2) is 74.5 Å². The number of carbonyl (C=O) groups is 2. The molecule has 1 aliphatic heterocycles. The Morgan fingerprint density at radius 3 is 2.47 bits per heavy atom. The summed E-state index contributed by atoms with van der Waals surface area (Å²) in [4.78, 5) is 26.1. The normalized spacial score (nSPS) is 16.4. The van der Waals surface area contributed by atoms with Crippen LogP contribution in [-0.2, 0) is 19.6 Å². The standard InChI is InChI=1S/C21H28Cl2N4O4S/c1-4-9-24-20(28)13-25-21(29)14-27(32(3,30)31)17-7-10-26(11-8-17)15(2)18-6-5-16(22)12-19(18)23/h1,5-6,12,15,17H,7-11,13-14H2,2-3H3,(H,24,28)(H,25,29). The molecule has 0 spiro atoms. The van der Waals surface area contributed by atoms with Gasteiger partial charge in [-0.15, -0.1) is 6.42 Å². The van der Waals surface area contributed by atoms with Gasteiger partial charge in [-0.2, -0.15) is 4.31 Å². The number of carbonyl (C=O) groups excluding carboxylic acids is 2. The van der Waals surface area contributed by atoms with E-state index in [-0.39, 0.29) is 31.7 Å². The number of nitrogens with zero attached hydrogens (tertiary/aromatic N) is 2. The molecule has 176 valence electrons. The predicted molar refractivity (Wildman–Crippen MR) is 126 cm³/mol. The first kappa shape index (κ1) is 26.4. The van der Waals surface area contributed by atoms with Crippen molar-refractivity contribution in [1.82, 2.24) is 19.8 Å². The van der Waals surface area contributed by atoms with Gasteiger partial charge in [0.15, 0.2) is 0 Å². The monoisotopic (exact) mass is 502 g/mol. The van der Waals surface area contributed by atoms with Crippen molar-refractivity contribution in [2.75, 3.05) is 39.0 Å². The molecule has 1 aromatic carbocycles. The fraction of sp³-hybridized carbons (Fsp3) is 0.524. The number of halogens is 2. The van der Waals surface area contributed by atoms with Crippen LogP contribution in [0.4, 0.5) is 0 Å². The molecule has 2 amide bonds. The zero-order valence-corrected chi connectivity index (χ0v) is 20.4. The predicted octanol–water partition coefficient (Wildman–Crippen LogP) is 1.65. The van der Waals surface area contributed by atoms with Gasteiger partial charge in [-0.1, -0.05) is 35.2 Å². The number of likely N-dealkylation sites (tertiary alicyclic amines) is 1. The summed E-state index contributed by atoms with van der Waals surface area (Å²) in [6.07, 6.45) is 7.28. The molecule has 1 heterocycles. The van der Waals surface area contributed by atoms with E-state index in [2.05, 4.69) is 21.5 Å². The maximum atomic E-state index is 12.4. The van der Waals surface area contributed by atoms with Gasteiger partial charge in [-0.05, 0) is 37.5 Å². The number of amides is 2. The van der Waals surface area contributed by atoms with Gasteiger partial charge in [-0.25, -0.2) is 8.42 Å². The minimum Gasteiger partial charge on any atom is -0.346 e. The van der Waals surface area contributed by atoms with Gasteiger partial charge >= 0.3 is 0 Å². The van der Waals surface area contributed by atoms with Crippen molar-refractivity contribution in [3.8, 4) is 12.3 Å². The van der Waals surface area contributed by atoms with E-state index in [0.717, 1.165) is 11.8 Å². The fourth-order valence-electron chi connectivity index (χ4n) is 3.70. The van der Waals surface area contributed by atoms with E-state index < -0.39 is 21.8 Å². The van der Waals surface area contributed by atoms with E-state index in [1.165, 1.54) is 4.31 Å². The number of piperidine rings is 1. The molecule has 0 aromatic heterocycles. The second-order valence-corrected chi connectivity index (χ2v) is 10.5. The number of hydrogen-bond donors (Lipinski definition) is 2. The van der Waals surface area contributed by atoms with Crippen LogP contribution in [0.25, 0.3) is 0 Å². The Balaban J connectivity index is 1.96. The molecule has 32 heavy (non-hydrogen) atoms. The van der Waals surface area contributed by atoms with Crippen LogP contribution in [0.5, 0.6) is 0 Å². The van der Waals surface area contributed by atoms with Crippen LogP contribution < -0.4 is 10.6 Å². The van der Waals surface area contributed by atoms with Crippen LogP contribution in [0, 0.1) is 12.3 Å². The maximum absolute atomic E-state index is 12.4. The summed E-state index contributed by atoms with van der Waals surface area (Å²) in [5.41, 5.74) is 0.956. The lowest BCUT2D eigenvalue weighted by Crippen LogP contribution is -2.51. The second kappa shape index (κ2) is 11.9. The maximum Gasteiger partial charge on any atom is 0.240 e. The molecule has 1 saturated heterocycles. The minimum absolute atomic E-state index is 0.0391. The molecule has 1 aliphatic rings. The summed E-state index contributed by atoms with van der Waals surface area (Å²) in [6.45, 7) is 2.78. The average molecular weight is 503 g/mol. The Morgan fingerprint density at radius 2 is 1.91 bits per heavy atom. The Labute approximate surface area is 199 Å². The molecular formula is C21H28Cl2N4O4S. The molecule has 2 rings (SSSR count). The number of nitrogens with one attached hydrogen (secondary N) is 2. The van der Waals surface area contributed by atoms with Crippen LogP contribution in [0.15, 0.2) is 18.2 Å². The quantitative estimate of drug-likeness (QED) is 0.500. The Hall–Kier alpha value is -1.83. The van der Waals surface area contributed by atoms with Crippen molar-refractivity contribution in [2.24, 2.45) is 0 Å². The highest BCUT2D eigenvalue weighted by molar-refractivity contribution is 7.88. The number of sulfonamides is 1. The minimum atomic E-state index is -3.62. The molecule has 2 N–H and O–H groups in total. The van der Waals surface area contributed by atoms with Crippen molar-refractivity contribution in [3.63, 3.8) is 0 Å². The average Bonchev–Trinajstić information content (AvgIpc) is 2.73. The summed E-state index contributed by atoms with van der Waals surface area (Å²) >= 11 is 12.3. The third kappa shape index (κ3) is 7.64. The molecule has 0 aliphatic carbocycles. The van der Waals surface area contributed by atoms with Gasteiger partial charge in [-0.3, -0.25) is 14.5 Å². The molecule has 11 heteroatoms. The molecule has 1 aromatic rings. The van der Waals surface area contributed by atoms with Crippen molar-refractivity contribution in [3.05, 3.63) is 33.8 Å². The molecule has 8 nitrogen and oxygen atoms in total. The van der Waals surface area contributed by atoms with Crippen molar-refractivity contribution >= 4 is 45.0 Å². The summed E-state index contributed by atoms with van der Waals surface area (Å²) in [5, 5.41) is 6.02. The van der Waals surface area contributed by atoms with Crippen molar-refractivity contribution in [1.29, 1.82) is 0 Å². The number of benzene rings is 1. The van der Waals surface area contributed by atoms with Crippen molar-refractivity contribution < 1.29 is 18.0 Å². The zero-order chi connectivity index (χ0) is 23.9. The van der Waals surface area contributed by atoms with E-state index in [9.17, 15) is 18.0 Å². The van der Waals surface area contributed by atoms with Crippen LogP contribution >= 0.6 is 23.2 Å². The van der Waals surface area contributed by atoms with Gasteiger partial charge < -0.3 is 10.6 Å². The Morgan fingerprint density at radius 1 is 1.25 bits per heavy atom. The van der Waals surface area contributed by atoms with Gasteiger partial charge in [0, 0.05) is 35.2 Å². The highest BCUT2D eigenvalue weighted by Crippen LogP contribution is 2.32. The smallest absolute Gasteiger partial charge is 0.240 e. The molecule has 0 radical (unpaired) electrons. The molecule has 0 saturated carbocycles. The highest BCUT2D eigenvalue weighted by atomic mass is 35.5. The van der Waals surface area contributed by atoms with Crippen LogP contribution in [0.3, 0.4) is 0 Å². The lowest BCUT2D eigenvalue weighted by Gasteiger charge is -2.39. The number of hydrogen-bond acceptors (Lipinski definition) is 5. The molecule has 0 bridgehead atoms. The topological polar surface area (TPSA) is 98.8 Å². The van der Waals surface area contributed by atoms with E-state index in [0.29, 0.717) is 36.0 Å². The first-order chi connectivity index (χ1) is 15.0. The largest absolute Gasteiger partial charge is 0.346 e. The third-order valence-electron chi connectivity index (χ3n) is 5.43. The van der Waals surface area contributed by atoms with Gasteiger partial charge in [0.2, 0.25) is 21.8 Å². The Kier molecular flexibility index (Phi) is 9.80. The van der Waals surface area contributed by atoms with Crippen LogP contribution in [0.2, 0.25) is 10.0 Å². The van der Waals surface area contributed by atoms with E-state index in [1.54, 1.807) is 12.1 Å². The van der Waals surface area contributed by atoms with E-state index >= 15 is 0 Å². The third-order valence-corrected chi connectivity index (χ3v) is 7.27. The van der Waals surface area contributed by atoms with Gasteiger partial charge in [0.1, 0.15) is 0 Å². The van der Waals surface area contributed by atoms with Crippen LogP contribution in [0.1, 0.15) is 31.4 Å². The first-order valence-corrected chi connectivity index (χ1v) is 12.8. The van der Waals surface area contributed by atoms with Gasteiger partial charge in [0.05, 0.1) is 25.9 Å². The second-order valence-electron chi connectivity index (χ2n) is 7.67. The lowest BCUT2D eigenvalue weighted by atomic mass is 10.00. The molecular weight excluding hydrogens is 475 g/mol. The van der Waals surface area contributed by atoms with E-state index in [4.69, 9.17) is 29.6 Å². The summed E-state index contributed by atoms with van der Waals surface area (Å²) in [6, 6.07) is 5.13. The number of rotatable bonds is 9. The number of terminal acetylenes is 1. The van der Waals surface area contributed by atoms with Crippen molar-refractivity contribution in [2.45, 2.75) is 31.8 Å². The summed E-state index contributed by atoms with van der Waals surface area (Å²) < 4.78 is 25.9. The molecule has 1 atom stereocenters. The summed E-state index contributed by atoms with van der Waals surface area (Å²) in [5.74, 6) is 1.27. The fourth-order valence-corrected chi connectivity index (χ4v) is 5.37. The Bertz CT molecular complexity index is 973. The summed E-state index contributed by atoms with van der Waals surface area (Å²) in [7, 11) is -3.62. The zero-order valence-electron chi connectivity index (χ0n) is 18.1. The van der Waals surface area contributed by atoms with Gasteiger partial charge in [0.25, 0.3) is 0 Å². The first-order valence-electron chi connectivity index (χ1n) is 10.2. The highest BCUT2D eigenvalue weighted by Gasteiger charge is 2.33. The lowest BCUT2D eigenvalue weighted by molar-refractivity contribution is -0.126.